The zero-order chi connectivity index (χ0) is 107. The Labute approximate surface area is 878 Å². The second kappa shape index (κ2) is 65.1. The third-order valence-electron chi connectivity index (χ3n) is 21.0. The van der Waals surface area contributed by atoms with Crippen molar-refractivity contribution in [3.8, 4) is 0 Å². The summed E-state index contributed by atoms with van der Waals surface area (Å²) in [4.78, 5) is 238. The van der Waals surface area contributed by atoms with Gasteiger partial charge in [-0.1, -0.05) is 116 Å². The molecule has 0 aliphatic carbocycles. The number of carbonyl (C=O) groups is 17. The number of thiol groups is 3. The maximum Gasteiger partial charge on any atom is 0.329 e. The molecule has 8 rings (SSSR count). The molecule has 144 heavy (non-hydrogen) atoms. The highest BCUT2D eigenvalue weighted by Gasteiger charge is 2.37. The number of nitrogens with one attached hydrogen (secondary N) is 12. The van der Waals surface area contributed by atoms with Gasteiger partial charge in [0, 0.05) is 45.2 Å². The summed E-state index contributed by atoms with van der Waals surface area (Å²) >= 11 is 19.3. The van der Waals surface area contributed by atoms with Crippen LogP contribution in [-0.2, 0) is 107 Å². The molecule has 4 aliphatic rings. The van der Waals surface area contributed by atoms with Crippen LogP contribution in [0.5, 0.6) is 0 Å². The summed E-state index contributed by atoms with van der Waals surface area (Å²) in [6.07, 6.45) is 26.0. The van der Waals surface area contributed by atoms with Crippen LogP contribution in [0.3, 0.4) is 0 Å². The SMILES string of the molecule is C/C=C1\NC(=O)c2cc(SC)cc(n2)CNC(=O)C[C@@H](/C=C/CCS)OC(=O)[C@H](C(C)C)NC1=O.C/C=C1\NC(=O)c2ccc(SC)c(n2)CCNC(=O)C[C@@H](/C=C/CCSC(C)=O)OC(=O)[C@H](C(C)C)NC1=O.C/C=C1\NC(=O)c2ccc(SC)c(n2)CNC(=O)C[C@@H](/C=C/CCS)OC(=O)[C@H](C(C)C)NC1=O.C/C=C1\NC(=O)c2nc(ccc2SC)CNC(=O)C[C@@H](/C=C/CCS)OC(=O)[C@H](C(C)C)NC1=O. The third kappa shape index (κ3) is 42.3. The molecule has 0 fully saturated rings. The molecule has 0 radical (unpaired) electrons. The Morgan fingerprint density at radius 1 is 0.382 bits per heavy atom. The van der Waals surface area contributed by atoms with Crippen LogP contribution in [0.2, 0.25) is 0 Å². The summed E-state index contributed by atoms with van der Waals surface area (Å²) in [7, 11) is 0. The van der Waals surface area contributed by atoms with E-state index in [9.17, 15) is 81.5 Å². The van der Waals surface area contributed by atoms with Gasteiger partial charge in [0.1, 0.15) is 94.1 Å². The average molecular weight is 2140 g/mol. The van der Waals surface area contributed by atoms with Crippen LogP contribution in [0, 0.1) is 23.7 Å². The lowest BCUT2D eigenvalue weighted by atomic mass is 10.0. The Hall–Kier alpha value is -11.5. The average Bonchev–Trinajstić information content (AvgIpc) is 0.876. The van der Waals surface area contributed by atoms with Gasteiger partial charge in [0.2, 0.25) is 23.6 Å². The quantitative estimate of drug-likeness (QED) is 0.00701. The lowest BCUT2D eigenvalue weighted by Crippen LogP contribution is -2.48. The summed E-state index contributed by atoms with van der Waals surface area (Å²) in [6, 6.07) is 9.48. The number of nitrogens with zero attached hydrogens (tertiary/aromatic N) is 4. The van der Waals surface area contributed by atoms with Crippen LogP contribution in [0.15, 0.2) is 164 Å². The number of esters is 4. The van der Waals surface area contributed by atoms with Crippen molar-refractivity contribution >= 4 is 197 Å². The van der Waals surface area contributed by atoms with Crippen LogP contribution in [0.4, 0.5) is 0 Å². The maximum absolute atomic E-state index is 13.1. The Morgan fingerprint density at radius 2 is 0.715 bits per heavy atom. The highest BCUT2D eigenvalue weighted by molar-refractivity contribution is 8.13. The zero-order valence-corrected chi connectivity index (χ0v) is 90.5. The van der Waals surface area contributed by atoms with E-state index in [2.05, 4.69) is 122 Å². The summed E-state index contributed by atoms with van der Waals surface area (Å²) < 4.78 is 22.5. The highest BCUT2D eigenvalue weighted by atomic mass is 32.2. The molecule has 4 aromatic rings. The highest BCUT2D eigenvalue weighted by Crippen LogP contribution is 2.26. The maximum atomic E-state index is 13.1. The number of pyridine rings is 4. The Balaban J connectivity index is 0.000000338. The lowest BCUT2D eigenvalue weighted by molar-refractivity contribution is -0.153. The predicted molar refractivity (Wildman–Crippen MR) is 566 cm³/mol. The number of amides is 12. The van der Waals surface area contributed by atoms with Crippen molar-refractivity contribution in [2.45, 2.75) is 236 Å². The number of ether oxygens (including phenoxy) is 4. The molecule has 0 spiro atoms. The van der Waals surface area contributed by atoms with Crippen molar-refractivity contribution in [2.24, 2.45) is 23.7 Å². The molecule has 45 heteroatoms. The number of fused-ring (bicyclic) bond motifs is 8. The number of aromatic nitrogens is 4. The molecular formula is C99H132N16O21S8. The molecule has 8 atom stereocenters. The van der Waals surface area contributed by atoms with Crippen molar-refractivity contribution in [3.05, 3.63) is 190 Å². The van der Waals surface area contributed by atoms with Crippen LogP contribution in [0.1, 0.15) is 206 Å². The van der Waals surface area contributed by atoms with Crippen LogP contribution in [0.25, 0.3) is 0 Å². The molecule has 0 aromatic carbocycles. The van der Waals surface area contributed by atoms with Gasteiger partial charge in [-0.05, 0) is 192 Å². The van der Waals surface area contributed by atoms with E-state index in [-0.39, 0.29) is 150 Å². The zero-order valence-electron chi connectivity index (χ0n) is 83.7. The Morgan fingerprint density at radius 3 is 1.07 bits per heavy atom. The van der Waals surface area contributed by atoms with Crippen molar-refractivity contribution in [1.29, 1.82) is 0 Å². The standard InChI is InChI=1S/C27H36N4O6S2.3C24H32N4O5S2/c1-6-19-25(34)31-24(16(2)3)27(36)37-18(9-7-8-14-39-17(4)32)15-23(33)28-13-12-20-22(38-5)11-10-21(29-20)26(35)30-19;1-5-17-22(30)28-20(14(2)3)24(32)33-16(8-6-7-11-34)12-19(29)25-13-15-9-10-18(35-4)21(26-15)23(31)27-17;1-5-16-22(30)28-21(14(2)3)24(32)33-15(8-6-7-11-34)12-20(29)25-13-18-19(35-4)10-9-17(26-18)23(31)27-16;1-5-18-22(30)28-21(14(2)3)24(32)33-16(8-6-7-9-34)11-20(29)25-13-15-10-17(35-4)12-19(26-15)23(31)27-18/h6-7,9-11,16,18,24H,8,12-15H2,1-5H3,(H,28,33)(H,30,35)(H,31,34);5-6,8-10,14,16,20,34H,7,11-13H2,1-4H3,(H,25,29)(H,27,31)(H,28,30);5-6,8-10,14-15,21,34H,7,11-13H2,1-4H3,(H,25,29)(H,27,31)(H,28,30);5-6,8,10,12,14,16,21,34H,7,9,11,13H2,1-4H3,(H,25,29)(H,27,31)(H,28,30)/b9-7+,19-6-;8-6+,17-5-;8-6+,16-5-;8-6+,18-5-/t18-,24+;16-,20+;15-,21+;16-,21+/m1111/s1. The van der Waals surface area contributed by atoms with Gasteiger partial charge >= 0.3 is 23.9 Å². The molecule has 8 bridgehead atoms. The van der Waals surface area contributed by atoms with Crippen molar-refractivity contribution in [2.75, 3.05) is 54.6 Å². The fourth-order valence-electron chi connectivity index (χ4n) is 13.2. The molecule has 0 saturated heterocycles. The van der Waals surface area contributed by atoms with E-state index in [0.29, 0.717) is 82.8 Å². The molecule has 0 unspecified atom stereocenters. The minimum Gasteiger partial charge on any atom is -0.456 e. The van der Waals surface area contributed by atoms with Crippen molar-refractivity contribution in [1.82, 2.24) is 83.7 Å². The number of allylic oxidation sites excluding steroid dienone is 8. The van der Waals surface area contributed by atoms with E-state index in [1.807, 2.05) is 25.0 Å². The summed E-state index contributed by atoms with van der Waals surface area (Å²) in [5.74, 6) is -7.88. The van der Waals surface area contributed by atoms with Gasteiger partial charge in [-0.15, -0.1) is 47.0 Å². The van der Waals surface area contributed by atoms with E-state index in [1.165, 1.54) is 90.0 Å². The van der Waals surface area contributed by atoms with Gasteiger partial charge < -0.3 is 82.7 Å². The normalized spacial score (nSPS) is 21.4. The topological polar surface area (TPSA) is 523 Å². The number of rotatable bonds is 21. The Bertz CT molecular complexity index is 5470. The molecule has 0 saturated carbocycles. The molecule has 12 amide bonds. The first-order valence-corrected chi connectivity index (χ1v) is 54.2. The van der Waals surface area contributed by atoms with Crippen molar-refractivity contribution in [3.63, 3.8) is 0 Å². The summed E-state index contributed by atoms with van der Waals surface area (Å²) in [5, 5.41) is 32.0. The minimum absolute atomic E-state index is 0.00609. The number of hydrogen-bond acceptors (Lipinski definition) is 33. The number of thioether (sulfide) groups is 5. The largest absolute Gasteiger partial charge is 0.456 e. The van der Waals surface area contributed by atoms with Crippen molar-refractivity contribution < 1.29 is 100 Å². The van der Waals surface area contributed by atoms with E-state index in [0.717, 1.165) is 14.7 Å². The fourth-order valence-corrected chi connectivity index (χ4v) is 16.4. The molecule has 4 aliphatic heterocycles. The second-order valence-electron chi connectivity index (χ2n) is 33.4. The first-order valence-electron chi connectivity index (χ1n) is 46.4. The molecule has 782 valence electrons. The summed E-state index contributed by atoms with van der Waals surface area (Å²) in [6.45, 7) is 22.5. The van der Waals surface area contributed by atoms with Gasteiger partial charge in [0.25, 0.3) is 47.3 Å². The predicted octanol–water partition coefficient (Wildman–Crippen LogP) is 9.94. The van der Waals surface area contributed by atoms with Gasteiger partial charge in [-0.2, -0.15) is 37.9 Å². The van der Waals surface area contributed by atoms with Crippen LogP contribution < -0.4 is 63.8 Å². The number of carbonyl (C=O) groups excluding carboxylic acids is 17. The molecule has 12 N–H and O–H groups in total. The monoisotopic (exact) mass is 2140 g/mol. The smallest absolute Gasteiger partial charge is 0.329 e. The van der Waals surface area contributed by atoms with Crippen LogP contribution in [-0.4, -0.2) is 223 Å². The third-order valence-corrected chi connectivity index (χ3v) is 25.7. The first-order chi connectivity index (χ1) is 68.6. The Kier molecular flexibility index (Phi) is 55.6. The van der Waals surface area contributed by atoms with E-state index in [1.54, 1.807) is 180 Å². The lowest BCUT2D eigenvalue weighted by Gasteiger charge is -2.24. The van der Waals surface area contributed by atoms with E-state index < -0.39 is 120 Å². The molecular weight excluding hydrogens is 2010 g/mol. The van der Waals surface area contributed by atoms with Crippen LogP contribution >= 0.6 is 96.7 Å². The van der Waals surface area contributed by atoms with Gasteiger partial charge in [-0.25, -0.2) is 39.1 Å². The molecule has 37 nitrogen and oxygen atoms in total. The number of hydrogen-bond donors (Lipinski definition) is 15. The van der Waals surface area contributed by atoms with Gasteiger partial charge in [0.05, 0.1) is 68.1 Å². The number of cyclic esters (lactones) is 4. The van der Waals surface area contributed by atoms with E-state index >= 15 is 0 Å². The molecule has 4 aromatic heterocycles. The van der Waals surface area contributed by atoms with Gasteiger partial charge in [0.15, 0.2) is 5.12 Å². The van der Waals surface area contributed by atoms with E-state index in [4.69, 9.17) is 18.9 Å². The first kappa shape index (κ1) is 123. The second-order valence-corrected chi connectivity index (χ2v) is 39.4. The van der Waals surface area contributed by atoms with Gasteiger partial charge in [-0.3, -0.25) is 62.3 Å². The fraction of sp³-hybridized carbons (Fsp3) is 0.465. The minimum atomic E-state index is -1.03. The summed E-state index contributed by atoms with van der Waals surface area (Å²) in [5.41, 5.74) is 2.48. The molecule has 8 heterocycles.